The second kappa shape index (κ2) is 2.98. The molecule has 58 valence electrons. The molecule has 1 rings (SSSR count). The van der Waals surface area contributed by atoms with Crippen molar-refractivity contribution in [1.82, 2.24) is 0 Å². The topological polar surface area (TPSA) is 55.8 Å². The SMILES string of the molecule is CC1OC(CO)COC1=O. The fourth-order valence-corrected chi connectivity index (χ4v) is 0.772. The molecule has 4 nitrogen and oxygen atoms in total. The Morgan fingerprint density at radius 2 is 2.50 bits per heavy atom. The van der Waals surface area contributed by atoms with E-state index in [4.69, 9.17) is 9.84 Å². The molecule has 0 saturated carbocycles. The molecule has 1 aliphatic heterocycles. The first-order valence-corrected chi connectivity index (χ1v) is 3.17. The highest BCUT2D eigenvalue weighted by Gasteiger charge is 2.26. The average Bonchev–Trinajstić information content (AvgIpc) is 1.95. The third-order valence-electron chi connectivity index (χ3n) is 1.34. The van der Waals surface area contributed by atoms with Gasteiger partial charge < -0.3 is 14.6 Å². The van der Waals surface area contributed by atoms with E-state index in [1.165, 1.54) is 0 Å². The van der Waals surface area contributed by atoms with E-state index >= 15 is 0 Å². The fourth-order valence-electron chi connectivity index (χ4n) is 0.772. The summed E-state index contributed by atoms with van der Waals surface area (Å²) in [6, 6.07) is 0. The van der Waals surface area contributed by atoms with Gasteiger partial charge in [0, 0.05) is 0 Å². The zero-order valence-corrected chi connectivity index (χ0v) is 5.74. The number of hydrogen-bond acceptors (Lipinski definition) is 4. The van der Waals surface area contributed by atoms with E-state index in [0.29, 0.717) is 0 Å². The summed E-state index contributed by atoms with van der Waals surface area (Å²) < 4.78 is 9.69. The summed E-state index contributed by atoms with van der Waals surface area (Å²) in [6.07, 6.45) is -0.876. The van der Waals surface area contributed by atoms with Gasteiger partial charge in [-0.1, -0.05) is 0 Å². The lowest BCUT2D eigenvalue weighted by molar-refractivity contribution is -0.184. The van der Waals surface area contributed by atoms with Crippen LogP contribution in [0.25, 0.3) is 0 Å². The van der Waals surface area contributed by atoms with E-state index < -0.39 is 6.10 Å². The fraction of sp³-hybridized carbons (Fsp3) is 0.833. The summed E-state index contributed by atoms with van der Waals surface area (Å²) in [6.45, 7) is 1.67. The number of ether oxygens (including phenoxy) is 2. The molecule has 0 bridgehead atoms. The summed E-state index contributed by atoms with van der Waals surface area (Å²) in [5, 5.41) is 8.58. The van der Waals surface area contributed by atoms with E-state index in [1.54, 1.807) is 6.92 Å². The number of aliphatic hydroxyl groups excluding tert-OH is 1. The zero-order valence-electron chi connectivity index (χ0n) is 5.74. The Kier molecular flexibility index (Phi) is 2.24. The van der Waals surface area contributed by atoms with Crippen molar-refractivity contribution in [2.75, 3.05) is 13.2 Å². The van der Waals surface area contributed by atoms with Crippen molar-refractivity contribution in [1.29, 1.82) is 0 Å². The minimum absolute atomic E-state index is 0.0996. The van der Waals surface area contributed by atoms with Crippen LogP contribution in [0.5, 0.6) is 0 Å². The Morgan fingerprint density at radius 3 is 3.00 bits per heavy atom. The van der Waals surface area contributed by atoms with Crippen LogP contribution in [0.1, 0.15) is 6.92 Å². The van der Waals surface area contributed by atoms with E-state index in [2.05, 4.69) is 4.74 Å². The standard InChI is InChI=1S/C6H10O4/c1-4-6(8)9-3-5(2-7)10-4/h4-5,7H,2-3H2,1H3. The van der Waals surface area contributed by atoms with Crippen LogP contribution in [0, 0.1) is 0 Å². The number of aliphatic hydroxyl groups is 1. The Balaban J connectivity index is 2.40. The molecule has 4 heteroatoms. The first-order valence-electron chi connectivity index (χ1n) is 3.17. The van der Waals surface area contributed by atoms with E-state index in [-0.39, 0.29) is 25.3 Å². The molecule has 2 unspecified atom stereocenters. The molecule has 0 aromatic heterocycles. The summed E-state index contributed by atoms with van der Waals surface area (Å²) in [5.41, 5.74) is 0. The Bertz CT molecular complexity index is 134. The molecule has 2 atom stereocenters. The van der Waals surface area contributed by atoms with Crippen molar-refractivity contribution in [3.63, 3.8) is 0 Å². The summed E-state index contributed by atoms with van der Waals surface area (Å²) in [4.78, 5) is 10.6. The van der Waals surface area contributed by atoms with Crippen LogP contribution in [0.15, 0.2) is 0 Å². The van der Waals surface area contributed by atoms with Gasteiger partial charge in [0.05, 0.1) is 6.61 Å². The summed E-state index contributed by atoms with van der Waals surface area (Å²) in [7, 11) is 0. The molecule has 0 amide bonds. The highest BCUT2D eigenvalue weighted by Crippen LogP contribution is 2.07. The van der Waals surface area contributed by atoms with Crippen LogP contribution in [0.4, 0.5) is 0 Å². The van der Waals surface area contributed by atoms with Gasteiger partial charge in [-0.2, -0.15) is 0 Å². The largest absolute Gasteiger partial charge is 0.461 e. The third kappa shape index (κ3) is 1.46. The van der Waals surface area contributed by atoms with Crippen LogP contribution in [0.3, 0.4) is 0 Å². The van der Waals surface area contributed by atoms with Gasteiger partial charge in [0.25, 0.3) is 0 Å². The minimum Gasteiger partial charge on any atom is -0.461 e. The first kappa shape index (κ1) is 7.50. The molecule has 0 aromatic rings. The normalized spacial score (nSPS) is 33.6. The Hall–Kier alpha value is -0.610. The second-order valence-electron chi connectivity index (χ2n) is 2.21. The van der Waals surface area contributed by atoms with Gasteiger partial charge in [0.15, 0.2) is 6.10 Å². The maximum absolute atomic E-state index is 10.6. The second-order valence-corrected chi connectivity index (χ2v) is 2.21. The molecule has 0 aromatic carbocycles. The van der Waals surface area contributed by atoms with Gasteiger partial charge in [-0.15, -0.1) is 0 Å². The van der Waals surface area contributed by atoms with Crippen molar-refractivity contribution in [2.24, 2.45) is 0 Å². The van der Waals surface area contributed by atoms with E-state index in [9.17, 15) is 4.79 Å². The van der Waals surface area contributed by atoms with Crippen LogP contribution >= 0.6 is 0 Å². The molecule has 0 aliphatic carbocycles. The number of rotatable bonds is 1. The van der Waals surface area contributed by atoms with Crippen LogP contribution in [-0.4, -0.2) is 36.5 Å². The number of hydrogen-bond donors (Lipinski definition) is 1. The minimum atomic E-state index is -0.536. The van der Waals surface area contributed by atoms with Crippen molar-refractivity contribution in [3.05, 3.63) is 0 Å². The molecule has 0 spiro atoms. The van der Waals surface area contributed by atoms with Gasteiger partial charge in [0.2, 0.25) is 0 Å². The molecule has 0 radical (unpaired) electrons. The third-order valence-corrected chi connectivity index (χ3v) is 1.34. The van der Waals surface area contributed by atoms with Gasteiger partial charge in [-0.05, 0) is 6.92 Å². The number of esters is 1. The highest BCUT2D eigenvalue weighted by molar-refractivity contribution is 5.74. The highest BCUT2D eigenvalue weighted by atomic mass is 16.6. The zero-order chi connectivity index (χ0) is 7.56. The maximum Gasteiger partial charge on any atom is 0.335 e. The quantitative estimate of drug-likeness (QED) is 0.497. The van der Waals surface area contributed by atoms with Crippen LogP contribution < -0.4 is 0 Å². The smallest absolute Gasteiger partial charge is 0.335 e. The summed E-state index contributed by atoms with van der Waals surface area (Å²) >= 11 is 0. The van der Waals surface area contributed by atoms with Crippen LogP contribution in [0.2, 0.25) is 0 Å². The number of carbonyl (C=O) groups is 1. The predicted octanol–water partition coefficient (Wildman–Crippen LogP) is -0.691. The van der Waals surface area contributed by atoms with E-state index in [1.807, 2.05) is 0 Å². The molecule has 10 heavy (non-hydrogen) atoms. The van der Waals surface area contributed by atoms with E-state index in [0.717, 1.165) is 0 Å². The molecule has 1 N–H and O–H groups in total. The van der Waals surface area contributed by atoms with Crippen molar-refractivity contribution >= 4 is 5.97 Å². The maximum atomic E-state index is 10.6. The number of cyclic esters (lactones) is 1. The number of carbonyl (C=O) groups excluding carboxylic acids is 1. The Labute approximate surface area is 58.7 Å². The van der Waals surface area contributed by atoms with Crippen molar-refractivity contribution in [3.8, 4) is 0 Å². The van der Waals surface area contributed by atoms with Crippen LogP contribution in [-0.2, 0) is 14.3 Å². The summed E-state index contributed by atoms with van der Waals surface area (Å²) in [5.74, 6) is -0.357. The van der Waals surface area contributed by atoms with Crippen molar-refractivity contribution in [2.45, 2.75) is 19.1 Å². The lowest BCUT2D eigenvalue weighted by Crippen LogP contribution is -2.40. The molecule has 1 heterocycles. The molecule has 1 fully saturated rings. The van der Waals surface area contributed by atoms with Gasteiger partial charge >= 0.3 is 5.97 Å². The van der Waals surface area contributed by atoms with Gasteiger partial charge in [-0.3, -0.25) is 0 Å². The average molecular weight is 146 g/mol. The Morgan fingerprint density at radius 1 is 1.80 bits per heavy atom. The monoisotopic (exact) mass is 146 g/mol. The lowest BCUT2D eigenvalue weighted by atomic mass is 10.3. The molecular formula is C6H10O4. The lowest BCUT2D eigenvalue weighted by Gasteiger charge is -2.25. The predicted molar refractivity (Wildman–Crippen MR) is 32.4 cm³/mol. The molecule has 1 saturated heterocycles. The molecular weight excluding hydrogens is 136 g/mol. The molecule has 1 aliphatic rings. The van der Waals surface area contributed by atoms with Gasteiger partial charge in [-0.25, -0.2) is 4.79 Å². The van der Waals surface area contributed by atoms with Gasteiger partial charge in [0.1, 0.15) is 12.7 Å². The first-order chi connectivity index (χ1) is 4.74. The van der Waals surface area contributed by atoms with Crippen molar-refractivity contribution < 1.29 is 19.4 Å².